The summed E-state index contributed by atoms with van der Waals surface area (Å²) in [4.78, 5) is 11.8. The molecule has 0 bridgehead atoms. The summed E-state index contributed by atoms with van der Waals surface area (Å²) in [6.45, 7) is 3.76. The van der Waals surface area contributed by atoms with Crippen LogP contribution in [-0.2, 0) is 25.9 Å². The van der Waals surface area contributed by atoms with Crippen molar-refractivity contribution in [2.75, 3.05) is 0 Å². The molecule has 0 spiro atoms. The third kappa shape index (κ3) is 2.72. The number of nitrogens with one attached hydrogen (secondary N) is 1. The average molecular weight is 288 g/mol. The number of nitrogens with zero attached hydrogens (tertiary/aromatic N) is 1. The Labute approximate surface area is 123 Å². The Morgan fingerprint density at radius 2 is 2.30 bits per heavy atom. The van der Waals surface area contributed by atoms with E-state index >= 15 is 0 Å². The van der Waals surface area contributed by atoms with Gasteiger partial charge in [0.1, 0.15) is 0 Å². The lowest BCUT2D eigenvalue weighted by molar-refractivity contribution is 0.442. The third-order valence-corrected chi connectivity index (χ3v) is 4.81. The molecule has 1 aliphatic rings. The molecule has 0 unspecified atom stereocenters. The van der Waals surface area contributed by atoms with Crippen LogP contribution in [0.1, 0.15) is 30.2 Å². The Morgan fingerprint density at radius 1 is 1.40 bits per heavy atom. The predicted octanol–water partition coefficient (Wildman–Crippen LogP) is 2.58. The van der Waals surface area contributed by atoms with Crippen LogP contribution in [0.25, 0.3) is 0 Å². The molecule has 0 saturated carbocycles. The van der Waals surface area contributed by atoms with Crippen molar-refractivity contribution in [2.24, 2.45) is 0 Å². The zero-order chi connectivity index (χ0) is 13.9. The van der Waals surface area contributed by atoms with Gasteiger partial charge in [0.25, 0.3) is 5.56 Å². The topological polar surface area (TPSA) is 34.0 Å². The summed E-state index contributed by atoms with van der Waals surface area (Å²) in [6, 6.07) is 6.42. The maximum absolute atomic E-state index is 11.8. The van der Waals surface area contributed by atoms with Gasteiger partial charge in [-0.25, -0.2) is 0 Å². The first kappa shape index (κ1) is 13.6. The lowest BCUT2D eigenvalue weighted by Crippen LogP contribution is -2.36. The molecule has 2 aromatic rings. The largest absolute Gasteiger partial charge is 0.313 e. The highest BCUT2D eigenvalue weighted by molar-refractivity contribution is 7.07. The molecule has 1 atom stereocenters. The van der Waals surface area contributed by atoms with E-state index in [0.29, 0.717) is 6.04 Å². The van der Waals surface area contributed by atoms with Crippen molar-refractivity contribution in [1.29, 1.82) is 0 Å². The molecule has 0 radical (unpaired) electrons. The summed E-state index contributed by atoms with van der Waals surface area (Å²) in [6.07, 6.45) is 3.14. The smallest absolute Gasteiger partial charge is 0.250 e. The summed E-state index contributed by atoms with van der Waals surface area (Å²) in [5, 5.41) is 7.95. The molecular formula is C16H20N2OS. The van der Waals surface area contributed by atoms with Gasteiger partial charge in [0, 0.05) is 30.9 Å². The van der Waals surface area contributed by atoms with E-state index < -0.39 is 0 Å². The predicted molar refractivity (Wildman–Crippen MR) is 83.3 cm³/mol. The van der Waals surface area contributed by atoms with E-state index in [0.717, 1.165) is 32.4 Å². The fraction of sp³-hybridized carbons (Fsp3) is 0.438. The van der Waals surface area contributed by atoms with Crippen LogP contribution < -0.4 is 10.9 Å². The van der Waals surface area contributed by atoms with Gasteiger partial charge < -0.3 is 9.88 Å². The molecule has 0 amide bonds. The van der Waals surface area contributed by atoms with E-state index in [1.807, 2.05) is 17.6 Å². The number of pyridine rings is 1. The van der Waals surface area contributed by atoms with Crippen LogP contribution in [0.5, 0.6) is 0 Å². The molecule has 4 heteroatoms. The van der Waals surface area contributed by atoms with Crippen molar-refractivity contribution in [3.8, 4) is 0 Å². The van der Waals surface area contributed by atoms with Crippen LogP contribution in [0.3, 0.4) is 0 Å². The molecule has 0 aliphatic heterocycles. The Kier molecular flexibility index (Phi) is 4.03. The molecular weight excluding hydrogens is 268 g/mol. The van der Waals surface area contributed by atoms with Crippen LogP contribution in [0.15, 0.2) is 33.8 Å². The minimum Gasteiger partial charge on any atom is -0.313 e. The monoisotopic (exact) mass is 288 g/mol. The number of rotatable bonds is 4. The molecule has 106 valence electrons. The fourth-order valence-electron chi connectivity index (χ4n) is 3.00. The Morgan fingerprint density at radius 3 is 3.05 bits per heavy atom. The summed E-state index contributed by atoms with van der Waals surface area (Å²) < 4.78 is 1.92. The Balaban J connectivity index is 1.71. The van der Waals surface area contributed by atoms with Crippen LogP contribution >= 0.6 is 11.3 Å². The standard InChI is InChI=1S/C16H20N2OS/c1-2-18-15-5-4-14(9-13(15)3-6-16(18)19)17-10-12-7-8-20-11-12/h3,6-8,11,14,17H,2,4-5,9-10H2,1H3/t14-/m1/s1. The van der Waals surface area contributed by atoms with Crippen molar-refractivity contribution >= 4 is 11.3 Å². The highest BCUT2D eigenvalue weighted by Crippen LogP contribution is 2.20. The second-order valence-corrected chi connectivity index (χ2v) is 6.12. The first-order valence-corrected chi connectivity index (χ1v) is 8.18. The third-order valence-electron chi connectivity index (χ3n) is 4.08. The highest BCUT2D eigenvalue weighted by Gasteiger charge is 2.20. The van der Waals surface area contributed by atoms with Gasteiger partial charge in [0.2, 0.25) is 0 Å². The fourth-order valence-corrected chi connectivity index (χ4v) is 3.67. The number of hydrogen-bond acceptors (Lipinski definition) is 3. The summed E-state index contributed by atoms with van der Waals surface area (Å²) >= 11 is 1.74. The maximum atomic E-state index is 11.8. The van der Waals surface area contributed by atoms with Gasteiger partial charge in [-0.05, 0) is 54.1 Å². The first-order valence-electron chi connectivity index (χ1n) is 7.24. The maximum Gasteiger partial charge on any atom is 0.250 e. The van der Waals surface area contributed by atoms with Crippen LogP contribution in [0, 0.1) is 0 Å². The van der Waals surface area contributed by atoms with Crippen LogP contribution in [-0.4, -0.2) is 10.6 Å². The molecule has 0 aromatic carbocycles. The number of aromatic nitrogens is 1. The van der Waals surface area contributed by atoms with Crippen molar-refractivity contribution in [1.82, 2.24) is 9.88 Å². The van der Waals surface area contributed by atoms with E-state index in [-0.39, 0.29) is 5.56 Å². The van der Waals surface area contributed by atoms with Crippen molar-refractivity contribution < 1.29 is 0 Å². The molecule has 3 nitrogen and oxygen atoms in total. The molecule has 1 aliphatic carbocycles. The molecule has 0 saturated heterocycles. The van der Waals surface area contributed by atoms with E-state index in [4.69, 9.17) is 0 Å². The van der Waals surface area contributed by atoms with Gasteiger partial charge in [-0.3, -0.25) is 4.79 Å². The van der Waals surface area contributed by atoms with Gasteiger partial charge in [-0.15, -0.1) is 0 Å². The zero-order valence-electron chi connectivity index (χ0n) is 11.8. The van der Waals surface area contributed by atoms with E-state index in [2.05, 4.69) is 22.1 Å². The zero-order valence-corrected chi connectivity index (χ0v) is 12.6. The SMILES string of the molecule is CCn1c2c(ccc1=O)C[C@H](NCc1ccsc1)CC2. The lowest BCUT2D eigenvalue weighted by atomic mass is 9.91. The van der Waals surface area contributed by atoms with Crippen LogP contribution in [0.4, 0.5) is 0 Å². The van der Waals surface area contributed by atoms with Crippen LogP contribution in [0.2, 0.25) is 0 Å². The number of fused-ring (bicyclic) bond motifs is 1. The second kappa shape index (κ2) is 5.94. The van der Waals surface area contributed by atoms with E-state index in [9.17, 15) is 4.79 Å². The molecule has 2 aromatic heterocycles. The van der Waals surface area contributed by atoms with Gasteiger partial charge in [0.05, 0.1) is 0 Å². The van der Waals surface area contributed by atoms with Gasteiger partial charge >= 0.3 is 0 Å². The second-order valence-electron chi connectivity index (χ2n) is 5.34. The Bertz CT molecular complexity index is 630. The van der Waals surface area contributed by atoms with E-state index in [1.54, 1.807) is 17.4 Å². The average Bonchev–Trinajstić information content (AvgIpc) is 2.98. The summed E-state index contributed by atoms with van der Waals surface area (Å²) in [5.74, 6) is 0. The number of hydrogen-bond donors (Lipinski definition) is 1. The quantitative estimate of drug-likeness (QED) is 0.938. The Hall–Kier alpha value is -1.39. The minimum atomic E-state index is 0.135. The molecule has 2 heterocycles. The molecule has 3 rings (SSSR count). The van der Waals surface area contributed by atoms with Gasteiger partial charge in [-0.1, -0.05) is 6.07 Å². The van der Waals surface area contributed by atoms with Gasteiger partial charge in [0.15, 0.2) is 0 Å². The first-order chi connectivity index (χ1) is 9.78. The summed E-state index contributed by atoms with van der Waals surface area (Å²) in [5.41, 5.74) is 4.07. The van der Waals surface area contributed by atoms with Crippen molar-refractivity contribution in [3.63, 3.8) is 0 Å². The normalized spacial score (nSPS) is 17.9. The van der Waals surface area contributed by atoms with E-state index in [1.165, 1.54) is 16.8 Å². The molecule has 20 heavy (non-hydrogen) atoms. The van der Waals surface area contributed by atoms with Crippen molar-refractivity contribution in [2.45, 2.75) is 45.3 Å². The molecule has 0 fully saturated rings. The van der Waals surface area contributed by atoms with Crippen molar-refractivity contribution in [3.05, 3.63) is 56.1 Å². The number of thiophene rings is 1. The summed E-state index contributed by atoms with van der Waals surface area (Å²) in [7, 11) is 0. The molecule has 1 N–H and O–H groups in total. The lowest BCUT2D eigenvalue weighted by Gasteiger charge is -2.27. The minimum absolute atomic E-state index is 0.135. The highest BCUT2D eigenvalue weighted by atomic mass is 32.1. The van der Waals surface area contributed by atoms with Gasteiger partial charge in [-0.2, -0.15) is 11.3 Å².